The summed E-state index contributed by atoms with van der Waals surface area (Å²) < 4.78 is 19.4. The van der Waals surface area contributed by atoms with Gasteiger partial charge in [0.2, 0.25) is 5.88 Å². The third-order valence-electron chi connectivity index (χ3n) is 3.36. The highest BCUT2D eigenvalue weighted by atomic mass is 32.2. The van der Waals surface area contributed by atoms with Gasteiger partial charge >= 0.3 is 0 Å². The number of aryl methyl sites for hydroxylation is 1. The molecule has 2 aromatic carbocycles. The number of thioether (sulfide) groups is 1. The highest BCUT2D eigenvalue weighted by Crippen LogP contribution is 2.26. The zero-order valence-electron chi connectivity index (χ0n) is 13.3. The maximum absolute atomic E-state index is 13.8. The molecule has 0 aliphatic heterocycles. The molecule has 0 fully saturated rings. The SMILES string of the molecule is CCc1cc(Oc2ccccc2F)nc(SCc2ccccc2)n1. The molecule has 3 nitrogen and oxygen atoms in total. The molecule has 0 aliphatic rings. The van der Waals surface area contributed by atoms with E-state index in [2.05, 4.69) is 22.1 Å². The molecule has 3 aromatic rings. The van der Waals surface area contributed by atoms with Crippen LogP contribution in [0.1, 0.15) is 18.2 Å². The molecule has 0 radical (unpaired) electrons. The molecule has 5 heteroatoms. The maximum Gasteiger partial charge on any atom is 0.223 e. The van der Waals surface area contributed by atoms with E-state index in [9.17, 15) is 4.39 Å². The summed E-state index contributed by atoms with van der Waals surface area (Å²) >= 11 is 1.54. The Balaban J connectivity index is 1.79. The van der Waals surface area contributed by atoms with Gasteiger partial charge in [-0.25, -0.2) is 9.37 Å². The van der Waals surface area contributed by atoms with Gasteiger partial charge in [-0.3, -0.25) is 0 Å². The molecule has 122 valence electrons. The van der Waals surface area contributed by atoms with Gasteiger partial charge in [-0.05, 0) is 24.1 Å². The van der Waals surface area contributed by atoms with Gasteiger partial charge in [-0.1, -0.05) is 61.2 Å². The van der Waals surface area contributed by atoms with Crippen molar-refractivity contribution in [2.75, 3.05) is 0 Å². The average molecular weight is 340 g/mol. The largest absolute Gasteiger partial charge is 0.436 e. The quantitative estimate of drug-likeness (QED) is 0.453. The number of para-hydroxylation sites is 1. The lowest BCUT2D eigenvalue weighted by atomic mass is 10.2. The summed E-state index contributed by atoms with van der Waals surface area (Å²) in [6.45, 7) is 2.01. The lowest BCUT2D eigenvalue weighted by molar-refractivity contribution is 0.421. The predicted molar refractivity (Wildman–Crippen MR) is 93.9 cm³/mol. The molecule has 0 unspecified atom stereocenters. The maximum atomic E-state index is 13.8. The van der Waals surface area contributed by atoms with Crippen LogP contribution in [-0.2, 0) is 12.2 Å². The molecule has 0 saturated heterocycles. The third kappa shape index (κ3) is 4.32. The van der Waals surface area contributed by atoms with Crippen LogP contribution in [0.15, 0.2) is 65.8 Å². The Hall–Kier alpha value is -2.40. The van der Waals surface area contributed by atoms with E-state index in [1.165, 1.54) is 23.4 Å². The second kappa shape index (κ2) is 7.93. The predicted octanol–water partition coefficient (Wildman–Crippen LogP) is 5.26. The summed E-state index contributed by atoms with van der Waals surface area (Å²) in [5.74, 6) is 0.889. The molecule has 1 aromatic heterocycles. The van der Waals surface area contributed by atoms with Crippen LogP contribution in [0, 0.1) is 5.82 Å². The van der Waals surface area contributed by atoms with Gasteiger partial charge in [0.15, 0.2) is 16.7 Å². The number of hydrogen-bond acceptors (Lipinski definition) is 4. The van der Waals surface area contributed by atoms with Crippen LogP contribution in [0.2, 0.25) is 0 Å². The van der Waals surface area contributed by atoms with Gasteiger partial charge in [0.1, 0.15) is 0 Å². The molecular weight excluding hydrogens is 323 g/mol. The smallest absolute Gasteiger partial charge is 0.223 e. The van der Waals surface area contributed by atoms with Crippen molar-refractivity contribution < 1.29 is 9.13 Å². The molecule has 0 atom stereocenters. The van der Waals surface area contributed by atoms with Gasteiger partial charge in [0, 0.05) is 17.5 Å². The lowest BCUT2D eigenvalue weighted by Crippen LogP contribution is -1.98. The van der Waals surface area contributed by atoms with Crippen molar-refractivity contribution in [3.63, 3.8) is 0 Å². The average Bonchev–Trinajstić information content (AvgIpc) is 2.62. The van der Waals surface area contributed by atoms with Gasteiger partial charge in [-0.2, -0.15) is 4.98 Å². The summed E-state index contributed by atoms with van der Waals surface area (Å²) in [6.07, 6.45) is 0.759. The number of nitrogens with zero attached hydrogens (tertiary/aromatic N) is 2. The van der Waals surface area contributed by atoms with Crippen molar-refractivity contribution in [3.05, 3.63) is 77.7 Å². The van der Waals surface area contributed by atoms with Crippen LogP contribution in [-0.4, -0.2) is 9.97 Å². The first kappa shape index (κ1) is 16.5. The van der Waals surface area contributed by atoms with Crippen LogP contribution in [0.5, 0.6) is 11.6 Å². The Morgan fingerprint density at radius 1 is 1.00 bits per heavy atom. The fraction of sp³-hybridized carbons (Fsp3) is 0.158. The fourth-order valence-electron chi connectivity index (χ4n) is 2.11. The normalized spacial score (nSPS) is 10.6. The zero-order valence-corrected chi connectivity index (χ0v) is 14.1. The zero-order chi connectivity index (χ0) is 16.8. The highest BCUT2D eigenvalue weighted by Gasteiger charge is 2.09. The fourth-order valence-corrected chi connectivity index (χ4v) is 2.93. The first-order valence-electron chi connectivity index (χ1n) is 7.71. The van der Waals surface area contributed by atoms with E-state index in [1.54, 1.807) is 24.3 Å². The Morgan fingerprint density at radius 3 is 2.50 bits per heavy atom. The molecular formula is C19H17FN2OS. The third-order valence-corrected chi connectivity index (χ3v) is 4.28. The molecule has 0 N–H and O–H groups in total. The van der Waals surface area contributed by atoms with Crippen LogP contribution < -0.4 is 4.74 Å². The monoisotopic (exact) mass is 340 g/mol. The van der Waals surface area contributed by atoms with Crippen molar-refractivity contribution in [2.45, 2.75) is 24.3 Å². The van der Waals surface area contributed by atoms with Crippen molar-refractivity contribution in [3.8, 4) is 11.6 Å². The second-order valence-electron chi connectivity index (χ2n) is 5.14. The summed E-state index contributed by atoms with van der Waals surface area (Å²) in [5.41, 5.74) is 2.07. The Labute approximate surface area is 144 Å². The first-order chi connectivity index (χ1) is 11.7. The molecule has 0 aliphatic carbocycles. The van der Waals surface area contributed by atoms with E-state index >= 15 is 0 Å². The highest BCUT2D eigenvalue weighted by molar-refractivity contribution is 7.98. The second-order valence-corrected chi connectivity index (χ2v) is 6.08. The van der Waals surface area contributed by atoms with Gasteiger partial charge in [0.05, 0.1) is 0 Å². The van der Waals surface area contributed by atoms with Crippen molar-refractivity contribution in [1.29, 1.82) is 0 Å². The molecule has 0 spiro atoms. The van der Waals surface area contributed by atoms with Gasteiger partial charge < -0.3 is 4.74 Å². The van der Waals surface area contributed by atoms with Gasteiger partial charge in [0.25, 0.3) is 0 Å². The number of aromatic nitrogens is 2. The van der Waals surface area contributed by atoms with Crippen LogP contribution >= 0.6 is 11.8 Å². The Bertz CT molecular complexity index is 811. The van der Waals surface area contributed by atoms with Gasteiger partial charge in [-0.15, -0.1) is 0 Å². The van der Waals surface area contributed by atoms with Crippen molar-refractivity contribution in [2.24, 2.45) is 0 Å². The van der Waals surface area contributed by atoms with Crippen LogP contribution in [0.3, 0.4) is 0 Å². The minimum Gasteiger partial charge on any atom is -0.436 e. The van der Waals surface area contributed by atoms with E-state index in [0.717, 1.165) is 17.9 Å². The number of ether oxygens (including phenoxy) is 1. The van der Waals surface area contributed by atoms with Crippen molar-refractivity contribution in [1.82, 2.24) is 9.97 Å². The molecule has 0 saturated carbocycles. The number of hydrogen-bond donors (Lipinski definition) is 0. The molecule has 0 bridgehead atoms. The molecule has 24 heavy (non-hydrogen) atoms. The van der Waals surface area contributed by atoms with E-state index in [-0.39, 0.29) is 5.75 Å². The summed E-state index contributed by atoms with van der Waals surface area (Å²) in [7, 11) is 0. The van der Waals surface area contributed by atoms with Crippen molar-refractivity contribution >= 4 is 11.8 Å². The van der Waals surface area contributed by atoms with E-state index in [4.69, 9.17) is 4.74 Å². The summed E-state index contributed by atoms with van der Waals surface area (Å²) in [4.78, 5) is 8.90. The number of halogens is 1. The number of benzene rings is 2. The Morgan fingerprint density at radius 2 is 1.75 bits per heavy atom. The molecule has 0 amide bonds. The van der Waals surface area contributed by atoms with E-state index in [0.29, 0.717) is 11.0 Å². The number of rotatable bonds is 6. The van der Waals surface area contributed by atoms with E-state index in [1.807, 2.05) is 25.1 Å². The summed E-state index contributed by atoms with van der Waals surface area (Å²) in [5, 5.41) is 0.629. The topological polar surface area (TPSA) is 35.0 Å². The lowest BCUT2D eigenvalue weighted by Gasteiger charge is -2.09. The first-order valence-corrected chi connectivity index (χ1v) is 8.70. The van der Waals surface area contributed by atoms with E-state index < -0.39 is 5.82 Å². The minimum absolute atomic E-state index is 0.164. The Kier molecular flexibility index (Phi) is 5.43. The molecule has 3 rings (SSSR count). The van der Waals surface area contributed by atoms with Crippen LogP contribution in [0.25, 0.3) is 0 Å². The molecule has 1 heterocycles. The summed E-state index contributed by atoms with van der Waals surface area (Å²) in [6, 6.07) is 18.2. The van der Waals surface area contributed by atoms with Crippen LogP contribution in [0.4, 0.5) is 4.39 Å². The standard InChI is InChI=1S/C19H17FN2OS/c1-2-15-12-18(23-17-11-7-6-10-16(17)20)22-19(21-15)24-13-14-8-4-3-5-9-14/h3-12H,2,13H2,1H3. The minimum atomic E-state index is -0.410.